The van der Waals surface area contributed by atoms with Gasteiger partial charge in [0.1, 0.15) is 17.7 Å². The van der Waals surface area contributed by atoms with E-state index < -0.39 is 17.9 Å². The SMILES string of the molecule is C=CC(=O)N1CCN(C[C@@H](Oc2cc(C)c(C(=O)Nc3ccn(C)n3)cc2C(=O)N[C@H]2CCOC2)c2ccc(C)c(F)c2)C[C@H]1C. The van der Waals surface area contributed by atoms with Gasteiger partial charge in [-0.2, -0.15) is 5.10 Å². The van der Waals surface area contributed by atoms with E-state index in [4.69, 9.17) is 9.47 Å². The molecule has 2 aliphatic rings. The zero-order valence-corrected chi connectivity index (χ0v) is 26.7. The number of halogens is 1. The van der Waals surface area contributed by atoms with Gasteiger partial charge in [0.25, 0.3) is 11.8 Å². The first-order chi connectivity index (χ1) is 22.0. The third kappa shape index (κ3) is 7.63. The topological polar surface area (TPSA) is 118 Å². The maximum Gasteiger partial charge on any atom is 0.257 e. The molecule has 5 rings (SSSR count). The number of carbonyl (C=O) groups is 3. The van der Waals surface area contributed by atoms with Gasteiger partial charge in [0.05, 0.1) is 18.2 Å². The highest BCUT2D eigenvalue weighted by Gasteiger charge is 2.30. The van der Waals surface area contributed by atoms with Gasteiger partial charge in [-0.05, 0) is 68.2 Å². The molecule has 244 valence electrons. The number of nitrogens with one attached hydrogen (secondary N) is 2. The van der Waals surface area contributed by atoms with Crippen molar-refractivity contribution in [3.8, 4) is 5.75 Å². The van der Waals surface area contributed by atoms with Crippen molar-refractivity contribution < 1.29 is 28.2 Å². The highest BCUT2D eigenvalue weighted by Crippen LogP contribution is 2.31. The van der Waals surface area contributed by atoms with Crippen LogP contribution in [-0.4, -0.2) is 88.8 Å². The number of piperazine rings is 1. The summed E-state index contributed by atoms with van der Waals surface area (Å²) in [6.45, 7) is 12.0. The van der Waals surface area contributed by atoms with Crippen molar-refractivity contribution in [2.24, 2.45) is 7.05 Å². The summed E-state index contributed by atoms with van der Waals surface area (Å²) in [7, 11) is 1.75. The molecule has 2 fully saturated rings. The number of carbonyl (C=O) groups excluding carboxylic acids is 3. The minimum atomic E-state index is -0.669. The quantitative estimate of drug-likeness (QED) is 0.327. The average molecular weight is 633 g/mol. The second kappa shape index (κ2) is 14.3. The molecule has 2 aromatic carbocycles. The lowest BCUT2D eigenvalue weighted by molar-refractivity contribution is -0.130. The standard InChI is InChI=1S/C34H41FN6O5/c1-6-32(42)41-13-12-40(18-23(41)4)19-30(24-8-7-21(2)28(35)16-24)46-29-15-22(3)26(33(43)37-31-9-11-39(5)38-31)17-27(29)34(44)36-25-10-14-45-20-25/h6-9,11,15-17,23,25,30H,1,10,12-14,18-20H2,2-5H3,(H,36,44)(H,37,38,43)/t23-,25+,30-/m1/s1. The largest absolute Gasteiger partial charge is 0.484 e. The molecular formula is C34H41FN6O5. The molecule has 0 saturated carbocycles. The second-order valence-corrected chi connectivity index (χ2v) is 12.0. The first-order valence-electron chi connectivity index (χ1n) is 15.4. The van der Waals surface area contributed by atoms with Crippen molar-refractivity contribution in [1.82, 2.24) is 24.9 Å². The molecule has 3 amide bonds. The zero-order valence-electron chi connectivity index (χ0n) is 26.7. The number of aryl methyl sites for hydroxylation is 3. The average Bonchev–Trinajstić information content (AvgIpc) is 3.69. The van der Waals surface area contributed by atoms with Gasteiger partial charge >= 0.3 is 0 Å². The highest BCUT2D eigenvalue weighted by molar-refractivity contribution is 6.07. The van der Waals surface area contributed by atoms with Gasteiger partial charge in [-0.15, -0.1) is 0 Å². The van der Waals surface area contributed by atoms with Gasteiger partial charge in [-0.1, -0.05) is 18.7 Å². The lowest BCUT2D eigenvalue weighted by Crippen LogP contribution is -2.54. The van der Waals surface area contributed by atoms with Crippen molar-refractivity contribution in [1.29, 1.82) is 0 Å². The number of amides is 3. The van der Waals surface area contributed by atoms with Crippen LogP contribution in [0.2, 0.25) is 0 Å². The van der Waals surface area contributed by atoms with Crippen molar-refractivity contribution in [3.63, 3.8) is 0 Å². The summed E-state index contributed by atoms with van der Waals surface area (Å²) in [6, 6.07) is 9.62. The van der Waals surface area contributed by atoms with Crippen LogP contribution < -0.4 is 15.4 Å². The molecule has 0 aliphatic carbocycles. The number of rotatable bonds is 10. The second-order valence-electron chi connectivity index (χ2n) is 12.0. The van der Waals surface area contributed by atoms with Crippen molar-refractivity contribution in [2.45, 2.75) is 45.4 Å². The minimum absolute atomic E-state index is 0.0660. The summed E-state index contributed by atoms with van der Waals surface area (Å²) in [5.74, 6) is -0.658. The third-order valence-electron chi connectivity index (χ3n) is 8.47. The Morgan fingerprint density at radius 1 is 1.13 bits per heavy atom. The molecule has 0 radical (unpaired) electrons. The summed E-state index contributed by atoms with van der Waals surface area (Å²) in [6.07, 6.45) is 3.04. The van der Waals surface area contributed by atoms with E-state index in [1.807, 2.05) is 13.0 Å². The maximum absolute atomic E-state index is 14.9. The van der Waals surface area contributed by atoms with Crippen LogP contribution in [0.15, 0.2) is 55.3 Å². The van der Waals surface area contributed by atoms with Crippen molar-refractivity contribution >= 4 is 23.5 Å². The summed E-state index contributed by atoms with van der Waals surface area (Å²) in [5.41, 5.74) is 2.16. The molecule has 0 unspecified atom stereocenters. The molecule has 46 heavy (non-hydrogen) atoms. The molecule has 0 spiro atoms. The third-order valence-corrected chi connectivity index (χ3v) is 8.47. The summed E-state index contributed by atoms with van der Waals surface area (Å²) >= 11 is 0. The Morgan fingerprint density at radius 2 is 1.93 bits per heavy atom. The van der Waals surface area contributed by atoms with Crippen LogP contribution in [0.3, 0.4) is 0 Å². The number of aromatic nitrogens is 2. The lowest BCUT2D eigenvalue weighted by atomic mass is 10.0. The lowest BCUT2D eigenvalue weighted by Gasteiger charge is -2.40. The van der Waals surface area contributed by atoms with E-state index >= 15 is 0 Å². The monoisotopic (exact) mass is 632 g/mol. The number of benzene rings is 2. The molecule has 0 bridgehead atoms. The summed E-state index contributed by atoms with van der Waals surface area (Å²) in [4.78, 5) is 43.3. The molecule has 11 nitrogen and oxygen atoms in total. The number of hydrogen-bond donors (Lipinski definition) is 2. The fourth-order valence-electron chi connectivity index (χ4n) is 5.83. The minimum Gasteiger partial charge on any atom is -0.484 e. The van der Waals surface area contributed by atoms with Crippen LogP contribution in [0.5, 0.6) is 5.75 Å². The Hall–Kier alpha value is -4.55. The van der Waals surface area contributed by atoms with Gasteiger partial charge in [0.15, 0.2) is 5.82 Å². The Labute approximate surface area is 268 Å². The van der Waals surface area contributed by atoms with E-state index in [1.54, 1.807) is 54.9 Å². The Bertz CT molecular complexity index is 1620. The number of anilines is 1. The Kier molecular flexibility index (Phi) is 10.2. The summed E-state index contributed by atoms with van der Waals surface area (Å²) in [5, 5.41) is 10.0. The van der Waals surface area contributed by atoms with Gasteiger partial charge < -0.3 is 25.0 Å². The van der Waals surface area contributed by atoms with Crippen molar-refractivity contribution in [2.75, 3.05) is 44.7 Å². The molecule has 2 N–H and O–H groups in total. The number of hydrogen-bond acceptors (Lipinski definition) is 7. The van der Waals surface area contributed by atoms with Gasteiger partial charge in [-0.3, -0.25) is 24.0 Å². The smallest absolute Gasteiger partial charge is 0.257 e. The Balaban J connectivity index is 1.48. The van der Waals surface area contributed by atoms with Gasteiger partial charge in [0.2, 0.25) is 5.91 Å². The fourth-order valence-corrected chi connectivity index (χ4v) is 5.83. The van der Waals surface area contributed by atoms with E-state index in [1.165, 1.54) is 18.2 Å². The fraction of sp³-hybridized carbons (Fsp3) is 0.412. The normalized spacial score (nSPS) is 19.0. The van der Waals surface area contributed by atoms with Crippen LogP contribution in [0, 0.1) is 19.7 Å². The predicted molar refractivity (Wildman–Crippen MR) is 171 cm³/mol. The first-order valence-corrected chi connectivity index (χ1v) is 15.4. The van der Waals surface area contributed by atoms with Crippen LogP contribution in [0.25, 0.3) is 0 Å². The van der Waals surface area contributed by atoms with Gasteiger partial charge in [0, 0.05) is 63.7 Å². The zero-order chi connectivity index (χ0) is 33.0. The predicted octanol–water partition coefficient (Wildman–Crippen LogP) is 3.79. The first kappa shape index (κ1) is 32.8. The Morgan fingerprint density at radius 3 is 2.59 bits per heavy atom. The van der Waals surface area contributed by atoms with Gasteiger partial charge in [-0.25, -0.2) is 4.39 Å². The molecule has 2 aliphatic heterocycles. The van der Waals surface area contributed by atoms with E-state index in [-0.39, 0.29) is 35.1 Å². The molecule has 3 heterocycles. The number of ether oxygens (including phenoxy) is 2. The molecule has 3 aromatic rings. The maximum atomic E-state index is 14.9. The molecular weight excluding hydrogens is 591 g/mol. The molecule has 2 saturated heterocycles. The van der Waals surface area contributed by atoms with E-state index in [0.717, 1.165) is 0 Å². The van der Waals surface area contributed by atoms with Crippen LogP contribution in [0.4, 0.5) is 10.2 Å². The van der Waals surface area contributed by atoms with E-state index in [9.17, 15) is 18.8 Å². The molecule has 1 aromatic heterocycles. The summed E-state index contributed by atoms with van der Waals surface area (Å²) < 4.78 is 28.5. The van der Waals surface area contributed by atoms with E-state index in [2.05, 4.69) is 27.2 Å². The molecule has 3 atom stereocenters. The number of nitrogens with zero attached hydrogens (tertiary/aromatic N) is 4. The van der Waals surface area contributed by atoms with Crippen LogP contribution in [-0.2, 0) is 16.6 Å². The van der Waals surface area contributed by atoms with E-state index in [0.29, 0.717) is 73.9 Å². The van der Waals surface area contributed by atoms with Crippen molar-refractivity contribution in [3.05, 3.63) is 88.9 Å². The van der Waals surface area contributed by atoms with Crippen LogP contribution >= 0.6 is 0 Å². The molecule has 12 heteroatoms. The highest BCUT2D eigenvalue weighted by atomic mass is 19.1. The van der Waals surface area contributed by atoms with Crippen LogP contribution in [0.1, 0.15) is 56.9 Å².